The fourth-order valence-corrected chi connectivity index (χ4v) is 4.75. The van der Waals surface area contributed by atoms with Crippen molar-refractivity contribution in [2.75, 3.05) is 5.01 Å². The molecule has 5 heteroatoms. The van der Waals surface area contributed by atoms with Crippen molar-refractivity contribution in [1.82, 2.24) is 0 Å². The lowest BCUT2D eigenvalue weighted by atomic mass is 9.73. The number of ether oxygens (including phenoxy) is 1. The Hall–Kier alpha value is -3.21. The number of hydrogen-bond donors (Lipinski definition) is 0. The summed E-state index contributed by atoms with van der Waals surface area (Å²) in [7, 11) is 0. The van der Waals surface area contributed by atoms with Crippen LogP contribution < -0.4 is 5.01 Å². The molecule has 0 unspecified atom stereocenters. The van der Waals surface area contributed by atoms with E-state index in [1.165, 1.54) is 5.01 Å². The number of hydrogen-bond acceptors (Lipinski definition) is 4. The van der Waals surface area contributed by atoms with Crippen LogP contribution in [0, 0.1) is 6.92 Å². The monoisotopic (exact) mass is 386 g/mol. The number of aryl methyl sites for hydroxylation is 1. The van der Waals surface area contributed by atoms with Crippen LogP contribution in [0.25, 0.3) is 0 Å². The molecule has 0 saturated carbocycles. The molecule has 0 fully saturated rings. The largest absolute Gasteiger partial charge is 0.474 e. The highest BCUT2D eigenvalue weighted by Gasteiger charge is 2.64. The molecule has 2 aromatic rings. The van der Waals surface area contributed by atoms with Gasteiger partial charge in [-0.25, -0.2) is 0 Å². The highest BCUT2D eigenvalue weighted by Crippen LogP contribution is 2.53. The molecule has 1 spiro atoms. The van der Waals surface area contributed by atoms with Crippen LogP contribution >= 0.6 is 0 Å². The van der Waals surface area contributed by atoms with Crippen molar-refractivity contribution in [1.29, 1.82) is 0 Å². The van der Waals surface area contributed by atoms with Gasteiger partial charge in [-0.2, -0.15) is 10.1 Å². The van der Waals surface area contributed by atoms with Gasteiger partial charge < -0.3 is 4.74 Å². The number of para-hydroxylation sites is 1. The molecule has 1 amide bonds. The predicted molar refractivity (Wildman–Crippen MR) is 111 cm³/mol. The van der Waals surface area contributed by atoms with Gasteiger partial charge in [-0.3, -0.25) is 9.59 Å². The van der Waals surface area contributed by atoms with Gasteiger partial charge in [0, 0.05) is 18.4 Å². The third kappa shape index (κ3) is 2.50. The zero-order chi connectivity index (χ0) is 20.2. The Labute approximate surface area is 169 Å². The normalized spacial score (nSPS) is 26.1. The third-order valence-corrected chi connectivity index (χ3v) is 6.06. The van der Waals surface area contributed by atoms with E-state index in [1.54, 1.807) is 0 Å². The van der Waals surface area contributed by atoms with Crippen LogP contribution in [0.15, 0.2) is 71.0 Å². The van der Waals surface area contributed by atoms with Gasteiger partial charge in [0.2, 0.25) is 5.60 Å². The maximum Gasteiger partial charge on any atom is 0.298 e. The lowest BCUT2D eigenvalue weighted by Gasteiger charge is -2.31. The maximum absolute atomic E-state index is 13.8. The zero-order valence-electron chi connectivity index (χ0n) is 16.5. The van der Waals surface area contributed by atoms with Gasteiger partial charge in [-0.1, -0.05) is 48.0 Å². The molecule has 0 aromatic heterocycles. The quantitative estimate of drug-likeness (QED) is 0.774. The molecule has 146 valence electrons. The van der Waals surface area contributed by atoms with Crippen molar-refractivity contribution >= 4 is 23.1 Å². The van der Waals surface area contributed by atoms with E-state index in [4.69, 9.17) is 4.74 Å². The number of hydrazone groups is 1. The fraction of sp³-hybridized carbons (Fsp3) is 0.292. The molecule has 2 aromatic carbocycles. The average Bonchev–Trinajstić information content (AvgIpc) is 3.20. The zero-order valence-corrected chi connectivity index (χ0v) is 16.5. The Morgan fingerprint density at radius 3 is 2.59 bits per heavy atom. The van der Waals surface area contributed by atoms with Crippen LogP contribution in [-0.2, 0) is 14.3 Å². The number of nitrogens with zero attached hydrogens (tertiary/aromatic N) is 2. The first-order valence-corrected chi connectivity index (χ1v) is 9.99. The summed E-state index contributed by atoms with van der Waals surface area (Å²) in [6, 6.07) is 17.3. The molecule has 2 heterocycles. The number of carbonyl (C=O) groups is 2. The van der Waals surface area contributed by atoms with Gasteiger partial charge in [0.05, 0.1) is 17.3 Å². The molecular formula is C24H22N2O3. The van der Waals surface area contributed by atoms with E-state index < -0.39 is 11.5 Å². The molecule has 2 aliphatic heterocycles. The van der Waals surface area contributed by atoms with Gasteiger partial charge in [-0.05, 0) is 38.0 Å². The first-order valence-electron chi connectivity index (χ1n) is 9.99. The number of benzene rings is 2. The van der Waals surface area contributed by atoms with Crippen molar-refractivity contribution in [2.45, 2.75) is 44.6 Å². The fourth-order valence-electron chi connectivity index (χ4n) is 4.75. The van der Waals surface area contributed by atoms with Gasteiger partial charge in [0.1, 0.15) is 5.76 Å². The molecule has 5 rings (SSSR count). The molecular weight excluding hydrogens is 364 g/mol. The molecule has 5 nitrogen and oxygen atoms in total. The summed E-state index contributed by atoms with van der Waals surface area (Å²) in [5, 5.41) is 6.01. The molecule has 0 saturated heterocycles. The van der Waals surface area contributed by atoms with E-state index in [0.29, 0.717) is 35.6 Å². The molecule has 2 atom stereocenters. The summed E-state index contributed by atoms with van der Waals surface area (Å²) < 4.78 is 6.40. The Bertz CT molecular complexity index is 1090. The van der Waals surface area contributed by atoms with Gasteiger partial charge in [-0.15, -0.1) is 0 Å². The summed E-state index contributed by atoms with van der Waals surface area (Å²) in [6.07, 6.45) is 1.92. The van der Waals surface area contributed by atoms with Crippen molar-refractivity contribution in [3.05, 3.63) is 77.1 Å². The molecule has 0 radical (unpaired) electrons. The minimum absolute atomic E-state index is 0.0772. The number of Topliss-reactive ketones (excluding diaryl/α,β-unsaturated/α-hetero) is 1. The van der Waals surface area contributed by atoms with Gasteiger partial charge in [0.15, 0.2) is 5.78 Å². The van der Waals surface area contributed by atoms with E-state index in [1.807, 2.05) is 68.4 Å². The number of anilines is 1. The third-order valence-electron chi connectivity index (χ3n) is 6.06. The summed E-state index contributed by atoms with van der Waals surface area (Å²) in [4.78, 5) is 26.8. The van der Waals surface area contributed by atoms with Crippen LogP contribution in [0.5, 0.6) is 0 Å². The average molecular weight is 386 g/mol. The van der Waals surface area contributed by atoms with Gasteiger partial charge in [0.25, 0.3) is 5.91 Å². The first-order chi connectivity index (χ1) is 14.0. The van der Waals surface area contributed by atoms with Gasteiger partial charge >= 0.3 is 0 Å². The SMILES string of the molecule is CC1=NN(c2ccccc2)C(=O)[C@]12OC1=C(C(=O)CCC1)[C@@H]2c1cccc(C)c1. The highest BCUT2D eigenvalue weighted by atomic mass is 16.5. The number of rotatable bonds is 2. The van der Waals surface area contributed by atoms with Crippen LogP contribution in [0.4, 0.5) is 5.69 Å². The molecule has 1 aliphatic carbocycles. The lowest BCUT2D eigenvalue weighted by Crippen LogP contribution is -2.50. The Morgan fingerprint density at radius 2 is 1.83 bits per heavy atom. The molecule has 0 bridgehead atoms. The van der Waals surface area contributed by atoms with E-state index in [0.717, 1.165) is 17.5 Å². The van der Waals surface area contributed by atoms with Crippen LogP contribution in [0.1, 0.15) is 43.2 Å². The smallest absolute Gasteiger partial charge is 0.298 e. The van der Waals surface area contributed by atoms with E-state index >= 15 is 0 Å². The van der Waals surface area contributed by atoms with Crippen molar-refractivity contribution in [3.8, 4) is 0 Å². The van der Waals surface area contributed by atoms with E-state index in [2.05, 4.69) is 5.10 Å². The summed E-state index contributed by atoms with van der Waals surface area (Å²) in [5.41, 5.74) is 2.63. The summed E-state index contributed by atoms with van der Waals surface area (Å²) >= 11 is 0. The standard InChI is InChI=1S/C24H22N2O3/c1-15-8-6-9-17(14-15)22-21-19(27)12-7-13-20(21)29-24(22)16(2)25-26(23(24)28)18-10-4-3-5-11-18/h3-6,8-11,14,22H,7,12-13H2,1-2H3/t22-,24-/m0/s1. The topological polar surface area (TPSA) is 59.0 Å². The van der Waals surface area contributed by atoms with E-state index in [9.17, 15) is 9.59 Å². The minimum atomic E-state index is -1.30. The Balaban J connectivity index is 1.68. The Kier molecular flexibility index (Phi) is 3.95. The highest BCUT2D eigenvalue weighted by molar-refractivity contribution is 6.24. The van der Waals surface area contributed by atoms with Crippen LogP contribution in [-0.4, -0.2) is 23.0 Å². The second kappa shape index (κ2) is 6.41. The first kappa shape index (κ1) is 17.9. The molecule has 3 aliphatic rings. The van der Waals surface area contributed by atoms with Crippen LogP contribution in [0.2, 0.25) is 0 Å². The predicted octanol–water partition coefficient (Wildman–Crippen LogP) is 4.28. The number of allylic oxidation sites excluding steroid dienone is 1. The van der Waals surface area contributed by atoms with Crippen molar-refractivity contribution in [3.63, 3.8) is 0 Å². The summed E-state index contributed by atoms with van der Waals surface area (Å²) in [5.74, 6) is 0.0176. The molecule has 29 heavy (non-hydrogen) atoms. The number of carbonyl (C=O) groups excluding carboxylic acids is 2. The summed E-state index contributed by atoms with van der Waals surface area (Å²) in [6.45, 7) is 3.84. The minimum Gasteiger partial charge on any atom is -0.474 e. The lowest BCUT2D eigenvalue weighted by molar-refractivity contribution is -0.130. The Morgan fingerprint density at radius 1 is 1.03 bits per heavy atom. The van der Waals surface area contributed by atoms with Crippen molar-refractivity contribution in [2.24, 2.45) is 5.10 Å². The number of ketones is 1. The van der Waals surface area contributed by atoms with Crippen molar-refractivity contribution < 1.29 is 14.3 Å². The van der Waals surface area contributed by atoms with Crippen LogP contribution in [0.3, 0.4) is 0 Å². The number of amides is 1. The molecule has 0 N–H and O–H groups in total. The second-order valence-corrected chi connectivity index (χ2v) is 7.94. The van der Waals surface area contributed by atoms with E-state index in [-0.39, 0.29) is 11.7 Å². The maximum atomic E-state index is 13.8. The second-order valence-electron chi connectivity index (χ2n) is 7.94.